The maximum absolute atomic E-state index is 11.8. The van der Waals surface area contributed by atoms with Crippen molar-refractivity contribution in [2.24, 2.45) is 12.0 Å². The number of hydrogen-bond acceptors (Lipinski definition) is 4. The van der Waals surface area contributed by atoms with E-state index in [1.165, 1.54) is 6.33 Å². The maximum atomic E-state index is 11.8. The van der Waals surface area contributed by atoms with Crippen molar-refractivity contribution in [1.29, 1.82) is 0 Å². The van der Waals surface area contributed by atoms with Crippen molar-refractivity contribution >= 4 is 11.9 Å². The lowest BCUT2D eigenvalue weighted by Crippen LogP contribution is -2.37. The molecule has 2 aromatic rings. The van der Waals surface area contributed by atoms with E-state index in [0.29, 0.717) is 31.2 Å². The first kappa shape index (κ1) is 18.4. The van der Waals surface area contributed by atoms with Crippen LogP contribution in [0.25, 0.3) is 0 Å². The Morgan fingerprint density at radius 3 is 2.44 bits per heavy atom. The van der Waals surface area contributed by atoms with Crippen molar-refractivity contribution in [3.05, 3.63) is 47.5 Å². The zero-order valence-electron chi connectivity index (χ0n) is 14.9. The van der Waals surface area contributed by atoms with Gasteiger partial charge in [0, 0.05) is 25.7 Å². The number of rotatable bonds is 7. The number of amides is 1. The molecule has 1 amide bonds. The lowest BCUT2D eigenvalue weighted by Gasteiger charge is -2.11. The van der Waals surface area contributed by atoms with E-state index < -0.39 is 0 Å². The monoisotopic (exact) mass is 343 g/mol. The molecule has 2 rings (SSSR count). The summed E-state index contributed by atoms with van der Waals surface area (Å²) in [6.45, 7) is 6.36. The summed E-state index contributed by atoms with van der Waals surface area (Å²) in [7, 11) is 1.85. The molecule has 0 saturated heterocycles. The Kier molecular flexibility index (Phi) is 6.94. The minimum atomic E-state index is -0.0590. The van der Waals surface area contributed by atoms with Gasteiger partial charge in [0.15, 0.2) is 5.96 Å². The molecule has 1 heterocycles. The summed E-state index contributed by atoms with van der Waals surface area (Å²) in [5.41, 5.74) is 1.69. The second-order valence-electron chi connectivity index (χ2n) is 5.40. The third-order valence-corrected chi connectivity index (χ3v) is 3.54. The topological polar surface area (TPSA) is 96.2 Å². The van der Waals surface area contributed by atoms with E-state index in [9.17, 15) is 4.79 Å². The average Bonchev–Trinajstić information content (AvgIpc) is 3.03. The number of carbonyl (C=O) groups excluding carboxylic acids is 1. The lowest BCUT2D eigenvalue weighted by atomic mass is 10.1. The van der Waals surface area contributed by atoms with E-state index in [4.69, 9.17) is 0 Å². The number of hydrogen-bond donors (Lipinski definition) is 3. The molecule has 25 heavy (non-hydrogen) atoms. The predicted molar refractivity (Wildman–Crippen MR) is 97.1 cm³/mol. The molecule has 3 N–H and O–H groups in total. The van der Waals surface area contributed by atoms with Crippen molar-refractivity contribution in [2.45, 2.75) is 26.9 Å². The molecule has 0 atom stereocenters. The van der Waals surface area contributed by atoms with Crippen LogP contribution >= 0.6 is 0 Å². The van der Waals surface area contributed by atoms with E-state index in [1.54, 1.807) is 4.68 Å². The van der Waals surface area contributed by atoms with E-state index in [1.807, 2.05) is 45.2 Å². The normalized spacial score (nSPS) is 11.2. The number of aromatic nitrogens is 3. The lowest BCUT2D eigenvalue weighted by molar-refractivity contribution is 0.0956. The number of aryl methyl sites for hydroxylation is 1. The first-order valence-electron chi connectivity index (χ1n) is 8.36. The first-order chi connectivity index (χ1) is 12.1. The molecule has 0 aliphatic rings. The van der Waals surface area contributed by atoms with Crippen LogP contribution in [0.3, 0.4) is 0 Å². The SMILES string of the molecule is CCNC(=O)c1ccc(CN=C(NCC)NCc2ncnn2C)cc1. The van der Waals surface area contributed by atoms with Crippen LogP contribution in [0, 0.1) is 0 Å². The molecule has 0 aliphatic heterocycles. The number of aliphatic imine (C=N–C) groups is 1. The third kappa shape index (κ3) is 5.59. The highest BCUT2D eigenvalue weighted by Crippen LogP contribution is 2.06. The van der Waals surface area contributed by atoms with E-state index >= 15 is 0 Å². The fraction of sp³-hybridized carbons (Fsp3) is 0.412. The second-order valence-corrected chi connectivity index (χ2v) is 5.40. The summed E-state index contributed by atoms with van der Waals surface area (Å²) in [5.74, 6) is 1.48. The van der Waals surface area contributed by atoms with Gasteiger partial charge in [-0.25, -0.2) is 9.98 Å². The minimum absolute atomic E-state index is 0.0590. The predicted octanol–water partition coefficient (Wildman–Crippen LogP) is 0.820. The fourth-order valence-electron chi connectivity index (χ4n) is 2.18. The molecule has 0 fully saturated rings. The number of nitrogens with one attached hydrogen (secondary N) is 3. The van der Waals surface area contributed by atoms with E-state index in [2.05, 4.69) is 31.0 Å². The third-order valence-electron chi connectivity index (χ3n) is 3.54. The van der Waals surface area contributed by atoms with Crippen molar-refractivity contribution in [3.63, 3.8) is 0 Å². The Morgan fingerprint density at radius 1 is 1.12 bits per heavy atom. The molecular formula is C17H25N7O. The van der Waals surface area contributed by atoms with Gasteiger partial charge in [-0.3, -0.25) is 9.48 Å². The van der Waals surface area contributed by atoms with Crippen LogP contribution in [0.5, 0.6) is 0 Å². The quantitative estimate of drug-likeness (QED) is 0.511. The molecule has 8 heteroatoms. The number of guanidine groups is 1. The molecular weight excluding hydrogens is 318 g/mol. The summed E-state index contributed by atoms with van der Waals surface area (Å²) < 4.78 is 1.72. The molecule has 1 aromatic heterocycles. The van der Waals surface area contributed by atoms with Gasteiger partial charge >= 0.3 is 0 Å². The minimum Gasteiger partial charge on any atom is -0.357 e. The van der Waals surface area contributed by atoms with Crippen LogP contribution in [0.4, 0.5) is 0 Å². The summed E-state index contributed by atoms with van der Waals surface area (Å²) in [4.78, 5) is 20.5. The zero-order chi connectivity index (χ0) is 18.1. The van der Waals surface area contributed by atoms with Crippen LogP contribution in [-0.2, 0) is 20.1 Å². The van der Waals surface area contributed by atoms with Gasteiger partial charge in [0.05, 0.1) is 13.1 Å². The molecule has 0 radical (unpaired) electrons. The van der Waals surface area contributed by atoms with Crippen LogP contribution in [-0.4, -0.2) is 39.7 Å². The highest BCUT2D eigenvalue weighted by atomic mass is 16.1. The molecule has 8 nitrogen and oxygen atoms in total. The standard InChI is InChI=1S/C17H25N7O/c1-4-18-16(25)14-8-6-13(7-9-14)10-20-17(19-5-2)21-11-15-22-12-23-24(15)3/h6-9,12H,4-5,10-11H2,1-3H3,(H,18,25)(H2,19,20,21). The summed E-state index contributed by atoms with van der Waals surface area (Å²) in [5, 5.41) is 13.3. The fourth-order valence-corrected chi connectivity index (χ4v) is 2.18. The van der Waals surface area contributed by atoms with Crippen LogP contribution in [0.1, 0.15) is 35.6 Å². The van der Waals surface area contributed by atoms with Gasteiger partial charge < -0.3 is 16.0 Å². The Hall–Kier alpha value is -2.90. The molecule has 0 bridgehead atoms. The highest BCUT2D eigenvalue weighted by Gasteiger charge is 2.05. The zero-order valence-corrected chi connectivity index (χ0v) is 14.9. The van der Waals surface area contributed by atoms with E-state index in [-0.39, 0.29) is 5.91 Å². The Balaban J connectivity index is 1.95. The Labute approximate surface area is 147 Å². The molecule has 1 aromatic carbocycles. The maximum Gasteiger partial charge on any atom is 0.251 e. The van der Waals surface area contributed by atoms with Gasteiger partial charge in [-0.1, -0.05) is 12.1 Å². The Morgan fingerprint density at radius 2 is 1.84 bits per heavy atom. The average molecular weight is 343 g/mol. The van der Waals surface area contributed by atoms with Gasteiger partial charge in [0.25, 0.3) is 5.91 Å². The van der Waals surface area contributed by atoms with Crippen molar-refractivity contribution < 1.29 is 4.79 Å². The van der Waals surface area contributed by atoms with Gasteiger partial charge in [0.2, 0.25) is 0 Å². The van der Waals surface area contributed by atoms with Crippen LogP contribution in [0.15, 0.2) is 35.6 Å². The van der Waals surface area contributed by atoms with Gasteiger partial charge in [-0.15, -0.1) is 0 Å². The van der Waals surface area contributed by atoms with Gasteiger partial charge in [-0.05, 0) is 31.5 Å². The number of benzene rings is 1. The smallest absolute Gasteiger partial charge is 0.251 e. The van der Waals surface area contributed by atoms with Crippen molar-refractivity contribution in [3.8, 4) is 0 Å². The largest absolute Gasteiger partial charge is 0.357 e. The van der Waals surface area contributed by atoms with E-state index in [0.717, 1.165) is 17.9 Å². The number of carbonyl (C=O) groups is 1. The second kappa shape index (κ2) is 9.41. The number of nitrogens with zero attached hydrogens (tertiary/aromatic N) is 4. The van der Waals surface area contributed by atoms with Crippen LogP contribution < -0.4 is 16.0 Å². The molecule has 0 spiro atoms. The molecule has 0 aliphatic carbocycles. The van der Waals surface area contributed by atoms with Crippen molar-refractivity contribution in [2.75, 3.05) is 13.1 Å². The highest BCUT2D eigenvalue weighted by molar-refractivity contribution is 5.94. The summed E-state index contributed by atoms with van der Waals surface area (Å²) in [6, 6.07) is 7.46. The van der Waals surface area contributed by atoms with Crippen LogP contribution in [0.2, 0.25) is 0 Å². The molecule has 0 unspecified atom stereocenters. The summed E-state index contributed by atoms with van der Waals surface area (Å²) >= 11 is 0. The first-order valence-corrected chi connectivity index (χ1v) is 8.36. The molecule has 134 valence electrons. The summed E-state index contributed by atoms with van der Waals surface area (Å²) in [6.07, 6.45) is 1.53. The molecule has 0 saturated carbocycles. The van der Waals surface area contributed by atoms with Gasteiger partial charge in [-0.2, -0.15) is 5.10 Å². The Bertz CT molecular complexity index is 706. The van der Waals surface area contributed by atoms with Crippen molar-refractivity contribution in [1.82, 2.24) is 30.7 Å². The van der Waals surface area contributed by atoms with Gasteiger partial charge in [0.1, 0.15) is 12.2 Å².